The average molecular weight is 294 g/mol. The van der Waals surface area contributed by atoms with Gasteiger partial charge in [0.25, 0.3) is 0 Å². The second-order valence-electron chi connectivity index (χ2n) is 5.12. The van der Waals surface area contributed by atoms with Crippen molar-refractivity contribution in [3.05, 3.63) is 35.9 Å². The Hall–Kier alpha value is -1.96. The van der Waals surface area contributed by atoms with E-state index in [9.17, 15) is 0 Å². The molecule has 0 amide bonds. The highest BCUT2D eigenvalue weighted by Gasteiger charge is 2.42. The lowest BCUT2D eigenvalue weighted by Crippen LogP contribution is -2.70. The summed E-state index contributed by atoms with van der Waals surface area (Å²) in [6.45, 7) is 3.70. The first-order valence-corrected chi connectivity index (χ1v) is 6.60. The summed E-state index contributed by atoms with van der Waals surface area (Å²) in [7, 11) is 0. The third kappa shape index (κ3) is 4.01. The van der Waals surface area contributed by atoms with Gasteiger partial charge in [-0.05, 0) is 5.56 Å². The number of piperazine rings is 1. The first-order valence-electron chi connectivity index (χ1n) is 6.60. The summed E-state index contributed by atoms with van der Waals surface area (Å²) < 4.78 is 5.30. The van der Waals surface area contributed by atoms with Crippen molar-refractivity contribution in [1.29, 1.82) is 0 Å². The molecule has 0 bridgehead atoms. The lowest BCUT2D eigenvalue weighted by atomic mass is 9.91. The normalized spacial score (nSPS) is 22.6. The molecule has 0 radical (unpaired) electrons. The Balaban J connectivity index is 0.000000232. The smallest absolute Gasteiger partial charge is 0.414 e. The summed E-state index contributed by atoms with van der Waals surface area (Å²) in [5.41, 5.74) is 1.55. The molecule has 1 aromatic rings. The minimum atomic E-state index is -1.82. The summed E-state index contributed by atoms with van der Waals surface area (Å²) in [5, 5.41) is 22.0. The van der Waals surface area contributed by atoms with E-state index in [1.54, 1.807) is 0 Å². The Morgan fingerprint density at radius 3 is 2.24 bits per heavy atom. The number of carboxylic acid groups (broad SMARTS) is 2. The maximum absolute atomic E-state index is 9.10. The fourth-order valence-corrected chi connectivity index (χ4v) is 2.35. The van der Waals surface area contributed by atoms with Crippen molar-refractivity contribution in [3.8, 4) is 0 Å². The Bertz CT molecular complexity index is 489. The van der Waals surface area contributed by atoms with Crippen molar-refractivity contribution in [2.75, 3.05) is 26.3 Å². The summed E-state index contributed by atoms with van der Waals surface area (Å²) in [6.07, 6.45) is 0. The topological polar surface area (TPSA) is 108 Å². The number of aliphatic carboxylic acids is 2. The first-order chi connectivity index (χ1) is 10.0. The van der Waals surface area contributed by atoms with Gasteiger partial charge in [-0.2, -0.15) is 0 Å². The van der Waals surface area contributed by atoms with Crippen LogP contribution < -0.4 is 10.6 Å². The van der Waals surface area contributed by atoms with E-state index in [0.29, 0.717) is 6.04 Å². The molecule has 7 heteroatoms. The van der Waals surface area contributed by atoms with Crippen LogP contribution in [0.4, 0.5) is 0 Å². The Morgan fingerprint density at radius 2 is 1.76 bits per heavy atom. The first kappa shape index (κ1) is 15.4. The largest absolute Gasteiger partial charge is 0.473 e. The van der Waals surface area contributed by atoms with Gasteiger partial charge in [0.2, 0.25) is 0 Å². The molecular formula is C14H18N2O5. The fourth-order valence-electron chi connectivity index (χ4n) is 2.35. The van der Waals surface area contributed by atoms with E-state index in [1.807, 2.05) is 0 Å². The highest BCUT2D eigenvalue weighted by atomic mass is 16.5. The van der Waals surface area contributed by atoms with E-state index in [0.717, 1.165) is 26.3 Å². The summed E-state index contributed by atoms with van der Waals surface area (Å²) in [4.78, 5) is 18.2. The van der Waals surface area contributed by atoms with Crippen LogP contribution in [0, 0.1) is 0 Å². The molecule has 4 N–H and O–H groups in total. The summed E-state index contributed by atoms with van der Waals surface area (Å²) >= 11 is 0. The van der Waals surface area contributed by atoms with Gasteiger partial charge in [0, 0.05) is 19.1 Å². The minimum absolute atomic E-state index is 0.193. The number of hydrogen-bond donors (Lipinski definition) is 4. The minimum Gasteiger partial charge on any atom is -0.473 e. The van der Waals surface area contributed by atoms with Crippen LogP contribution in [0.2, 0.25) is 0 Å². The molecule has 0 unspecified atom stereocenters. The van der Waals surface area contributed by atoms with Gasteiger partial charge in [-0.25, -0.2) is 9.59 Å². The number of carbonyl (C=O) groups is 2. The molecule has 0 aromatic heterocycles. The van der Waals surface area contributed by atoms with Gasteiger partial charge >= 0.3 is 11.9 Å². The van der Waals surface area contributed by atoms with E-state index in [4.69, 9.17) is 24.5 Å². The SMILES string of the molecule is O=C(O)C(=O)O.c1ccc([C@H]2CNCC3(COC3)N2)cc1. The number of nitrogens with one attached hydrogen (secondary N) is 2. The molecule has 1 aromatic carbocycles. The predicted octanol–water partition coefficient (Wildman–Crippen LogP) is -0.155. The van der Waals surface area contributed by atoms with Crippen molar-refractivity contribution in [3.63, 3.8) is 0 Å². The lowest BCUT2D eigenvalue weighted by Gasteiger charge is -2.48. The van der Waals surface area contributed by atoms with Crippen LogP contribution in [0.15, 0.2) is 30.3 Å². The van der Waals surface area contributed by atoms with E-state index >= 15 is 0 Å². The van der Waals surface area contributed by atoms with Crippen LogP contribution in [-0.2, 0) is 14.3 Å². The van der Waals surface area contributed by atoms with Crippen molar-refractivity contribution >= 4 is 11.9 Å². The molecule has 0 saturated carbocycles. The highest BCUT2D eigenvalue weighted by molar-refractivity contribution is 6.27. The van der Waals surface area contributed by atoms with Crippen LogP contribution in [-0.4, -0.2) is 54.0 Å². The van der Waals surface area contributed by atoms with Gasteiger partial charge in [0.1, 0.15) is 0 Å². The third-order valence-electron chi connectivity index (χ3n) is 3.43. The average Bonchev–Trinajstić information content (AvgIpc) is 2.47. The molecule has 2 heterocycles. The zero-order valence-corrected chi connectivity index (χ0v) is 11.4. The molecule has 21 heavy (non-hydrogen) atoms. The lowest BCUT2D eigenvalue weighted by molar-refractivity contribution is -0.159. The van der Waals surface area contributed by atoms with Crippen LogP contribution in [0.3, 0.4) is 0 Å². The molecule has 2 aliphatic rings. The Kier molecular flexibility index (Phi) is 4.89. The second kappa shape index (κ2) is 6.66. The quantitative estimate of drug-likeness (QED) is 0.533. The van der Waals surface area contributed by atoms with Crippen molar-refractivity contribution < 1.29 is 24.5 Å². The molecule has 2 saturated heterocycles. The zero-order chi connectivity index (χ0) is 15.3. The van der Waals surface area contributed by atoms with Crippen LogP contribution >= 0.6 is 0 Å². The fraction of sp³-hybridized carbons (Fsp3) is 0.429. The van der Waals surface area contributed by atoms with E-state index in [2.05, 4.69) is 41.0 Å². The standard InChI is InChI=1S/C12H16N2O.C2H2O4/c1-2-4-10(5-3-1)11-6-13-7-12(14-11)8-15-9-12;3-1(4)2(5)6/h1-5,11,13-14H,6-9H2;(H,3,4)(H,5,6)/t11-;/m1./s1. The molecule has 1 spiro atoms. The van der Waals surface area contributed by atoms with Gasteiger partial charge in [0.15, 0.2) is 0 Å². The summed E-state index contributed by atoms with van der Waals surface area (Å²) in [5.74, 6) is -3.65. The number of ether oxygens (including phenoxy) is 1. The Labute approximate surface area is 121 Å². The maximum Gasteiger partial charge on any atom is 0.414 e. The van der Waals surface area contributed by atoms with Gasteiger partial charge < -0.3 is 20.3 Å². The monoisotopic (exact) mass is 294 g/mol. The highest BCUT2D eigenvalue weighted by Crippen LogP contribution is 2.25. The maximum atomic E-state index is 9.10. The molecule has 7 nitrogen and oxygen atoms in total. The predicted molar refractivity (Wildman–Crippen MR) is 74.0 cm³/mol. The van der Waals surface area contributed by atoms with Crippen LogP contribution in [0.1, 0.15) is 11.6 Å². The van der Waals surface area contributed by atoms with E-state index in [-0.39, 0.29) is 5.54 Å². The molecule has 3 rings (SSSR count). The van der Waals surface area contributed by atoms with Gasteiger partial charge in [-0.1, -0.05) is 30.3 Å². The van der Waals surface area contributed by atoms with Crippen molar-refractivity contribution in [2.45, 2.75) is 11.6 Å². The third-order valence-corrected chi connectivity index (χ3v) is 3.43. The summed E-state index contributed by atoms with van der Waals surface area (Å²) in [6, 6.07) is 11.0. The van der Waals surface area contributed by atoms with Gasteiger partial charge in [0.05, 0.1) is 18.8 Å². The molecule has 2 aliphatic heterocycles. The molecule has 1 atom stereocenters. The molecule has 0 aliphatic carbocycles. The van der Waals surface area contributed by atoms with Gasteiger partial charge in [-0.3, -0.25) is 5.32 Å². The molecular weight excluding hydrogens is 276 g/mol. The number of hydrogen-bond acceptors (Lipinski definition) is 5. The molecule has 114 valence electrons. The number of rotatable bonds is 1. The zero-order valence-electron chi connectivity index (χ0n) is 11.4. The van der Waals surface area contributed by atoms with E-state index < -0.39 is 11.9 Å². The number of benzene rings is 1. The second-order valence-corrected chi connectivity index (χ2v) is 5.12. The number of carboxylic acids is 2. The van der Waals surface area contributed by atoms with Crippen LogP contribution in [0.5, 0.6) is 0 Å². The van der Waals surface area contributed by atoms with Crippen LogP contribution in [0.25, 0.3) is 0 Å². The van der Waals surface area contributed by atoms with Crippen molar-refractivity contribution in [1.82, 2.24) is 10.6 Å². The van der Waals surface area contributed by atoms with Crippen molar-refractivity contribution in [2.24, 2.45) is 0 Å². The Morgan fingerprint density at radius 1 is 1.14 bits per heavy atom. The van der Waals surface area contributed by atoms with E-state index in [1.165, 1.54) is 5.56 Å². The van der Waals surface area contributed by atoms with Gasteiger partial charge in [-0.15, -0.1) is 0 Å². The molecule has 2 fully saturated rings.